The number of hydrogen-bond acceptors (Lipinski definition) is 3. The molecule has 2 aromatic rings. The van der Waals surface area contributed by atoms with E-state index >= 15 is 0 Å². The van der Waals surface area contributed by atoms with Gasteiger partial charge in [-0.15, -0.1) is 0 Å². The Kier molecular flexibility index (Phi) is 5.83. The van der Waals surface area contributed by atoms with Crippen molar-refractivity contribution in [3.05, 3.63) is 54.4 Å². The van der Waals surface area contributed by atoms with Gasteiger partial charge >= 0.3 is 12.2 Å². The van der Waals surface area contributed by atoms with Crippen LogP contribution in [0, 0.1) is 5.92 Å². The predicted molar refractivity (Wildman–Crippen MR) is 97.6 cm³/mol. The lowest BCUT2D eigenvalue weighted by Gasteiger charge is -2.33. The molecule has 2 amide bonds. The van der Waals surface area contributed by atoms with Crippen molar-refractivity contribution in [1.82, 2.24) is 10.3 Å². The smallest absolute Gasteiger partial charge is 0.370 e. The van der Waals surface area contributed by atoms with Crippen molar-refractivity contribution in [2.75, 3.05) is 29.9 Å². The fourth-order valence-electron chi connectivity index (χ4n) is 3.18. The summed E-state index contributed by atoms with van der Waals surface area (Å²) in [7, 11) is 0. The van der Waals surface area contributed by atoms with Crippen molar-refractivity contribution < 1.29 is 18.0 Å². The molecule has 1 aromatic heterocycles. The first-order valence-corrected chi connectivity index (χ1v) is 8.79. The zero-order valence-electron chi connectivity index (χ0n) is 14.7. The maximum atomic E-state index is 13.0. The second-order valence-corrected chi connectivity index (χ2v) is 6.52. The molecule has 2 heterocycles. The minimum absolute atomic E-state index is 0.242. The van der Waals surface area contributed by atoms with Gasteiger partial charge in [-0.25, -0.2) is 4.79 Å². The number of rotatable bonds is 4. The molecule has 0 saturated carbocycles. The number of hydrogen-bond donors (Lipinski definition) is 2. The molecule has 0 radical (unpaired) electrons. The average Bonchev–Trinajstić information content (AvgIpc) is 2.67. The van der Waals surface area contributed by atoms with Gasteiger partial charge < -0.3 is 15.5 Å². The van der Waals surface area contributed by atoms with Gasteiger partial charge in [0.05, 0.1) is 23.1 Å². The normalized spacial score (nSPS) is 15.4. The van der Waals surface area contributed by atoms with E-state index in [1.165, 1.54) is 18.2 Å². The number of benzene rings is 1. The van der Waals surface area contributed by atoms with E-state index in [1.54, 1.807) is 6.20 Å². The molecule has 0 spiro atoms. The van der Waals surface area contributed by atoms with E-state index in [-0.39, 0.29) is 5.69 Å². The highest BCUT2D eigenvalue weighted by Crippen LogP contribution is 2.34. The molecule has 1 aliphatic heterocycles. The van der Waals surface area contributed by atoms with Gasteiger partial charge in [0.25, 0.3) is 0 Å². The molecule has 1 aliphatic rings. The molecule has 1 saturated heterocycles. The van der Waals surface area contributed by atoms with Crippen LogP contribution in [0.25, 0.3) is 0 Å². The first-order valence-electron chi connectivity index (χ1n) is 8.79. The van der Waals surface area contributed by atoms with Gasteiger partial charge in [0.2, 0.25) is 0 Å². The van der Waals surface area contributed by atoms with E-state index in [1.807, 2.05) is 18.3 Å². The number of nitrogens with zero attached hydrogens (tertiary/aromatic N) is 2. The van der Waals surface area contributed by atoms with Gasteiger partial charge in [0.1, 0.15) is 0 Å². The van der Waals surface area contributed by atoms with Crippen molar-refractivity contribution in [1.29, 1.82) is 0 Å². The van der Waals surface area contributed by atoms with E-state index in [0.29, 0.717) is 12.5 Å². The number of anilines is 2. The maximum Gasteiger partial charge on any atom is 0.418 e. The van der Waals surface area contributed by atoms with E-state index in [9.17, 15) is 18.0 Å². The Hall–Kier alpha value is -2.77. The van der Waals surface area contributed by atoms with Crippen LogP contribution >= 0.6 is 0 Å². The van der Waals surface area contributed by atoms with Crippen LogP contribution in [0.5, 0.6) is 0 Å². The van der Waals surface area contributed by atoms with Gasteiger partial charge in [-0.3, -0.25) is 4.98 Å². The Balaban J connectivity index is 1.47. The standard InChI is InChI=1S/C19H21F3N4O/c20-19(21,22)16-5-1-2-6-17(16)25-18(27)24-12-14-7-10-26(11-8-14)15-4-3-9-23-13-15/h1-6,9,13-14H,7-8,10-12H2,(H2,24,25,27). The highest BCUT2D eigenvalue weighted by Gasteiger charge is 2.33. The fraction of sp³-hybridized carbons (Fsp3) is 0.368. The van der Waals surface area contributed by atoms with Crippen molar-refractivity contribution >= 4 is 17.4 Å². The fourth-order valence-corrected chi connectivity index (χ4v) is 3.18. The summed E-state index contributed by atoms with van der Waals surface area (Å²) in [5.41, 5.74) is -0.0239. The molecule has 27 heavy (non-hydrogen) atoms. The monoisotopic (exact) mass is 378 g/mol. The summed E-state index contributed by atoms with van der Waals surface area (Å²) in [6.45, 7) is 2.15. The number of urea groups is 1. The first-order chi connectivity index (χ1) is 12.9. The number of para-hydroxylation sites is 1. The Morgan fingerprint density at radius 3 is 2.56 bits per heavy atom. The molecule has 8 heteroatoms. The quantitative estimate of drug-likeness (QED) is 0.841. The number of halogens is 3. The average molecular weight is 378 g/mol. The highest BCUT2D eigenvalue weighted by molar-refractivity contribution is 5.90. The third-order valence-electron chi connectivity index (χ3n) is 4.66. The van der Waals surface area contributed by atoms with Gasteiger partial charge in [-0.2, -0.15) is 13.2 Å². The lowest BCUT2D eigenvalue weighted by Crippen LogP contribution is -2.40. The SMILES string of the molecule is O=C(NCC1CCN(c2cccnc2)CC1)Nc1ccccc1C(F)(F)F. The van der Waals surface area contributed by atoms with Crippen LogP contribution in [-0.4, -0.2) is 30.6 Å². The molecule has 2 N–H and O–H groups in total. The van der Waals surface area contributed by atoms with Gasteiger partial charge in [-0.05, 0) is 43.0 Å². The van der Waals surface area contributed by atoms with E-state index < -0.39 is 17.8 Å². The second-order valence-electron chi connectivity index (χ2n) is 6.52. The van der Waals surface area contributed by atoms with Gasteiger partial charge in [-0.1, -0.05) is 12.1 Å². The first kappa shape index (κ1) is 19.0. The zero-order chi connectivity index (χ0) is 19.3. The molecule has 1 fully saturated rings. The zero-order valence-corrected chi connectivity index (χ0v) is 14.7. The molecule has 1 aromatic carbocycles. The van der Waals surface area contributed by atoms with Crippen LogP contribution in [0.1, 0.15) is 18.4 Å². The summed E-state index contributed by atoms with van der Waals surface area (Å²) >= 11 is 0. The summed E-state index contributed by atoms with van der Waals surface area (Å²) in [6, 6.07) is 8.23. The summed E-state index contributed by atoms with van der Waals surface area (Å²) in [6.07, 6.45) is 0.839. The third kappa shape index (κ3) is 5.12. The number of piperidine rings is 1. The van der Waals surface area contributed by atoms with Crippen LogP contribution < -0.4 is 15.5 Å². The van der Waals surface area contributed by atoms with E-state index in [2.05, 4.69) is 20.5 Å². The van der Waals surface area contributed by atoms with E-state index in [0.717, 1.165) is 37.7 Å². The van der Waals surface area contributed by atoms with Crippen molar-refractivity contribution in [2.24, 2.45) is 5.92 Å². The lowest BCUT2D eigenvalue weighted by molar-refractivity contribution is -0.136. The minimum atomic E-state index is -4.51. The minimum Gasteiger partial charge on any atom is -0.370 e. The molecular formula is C19H21F3N4O. The summed E-state index contributed by atoms with van der Waals surface area (Å²) < 4.78 is 38.9. The van der Waals surface area contributed by atoms with E-state index in [4.69, 9.17) is 0 Å². The van der Waals surface area contributed by atoms with Crippen molar-refractivity contribution in [2.45, 2.75) is 19.0 Å². The number of nitrogens with one attached hydrogen (secondary N) is 2. The second kappa shape index (κ2) is 8.28. The molecule has 0 aliphatic carbocycles. The summed E-state index contributed by atoms with van der Waals surface area (Å²) in [5.74, 6) is 0.293. The number of carbonyl (C=O) groups excluding carboxylic acids is 1. The maximum absolute atomic E-state index is 13.0. The van der Waals surface area contributed by atoms with Crippen LogP contribution in [0.4, 0.5) is 29.3 Å². The molecule has 0 unspecified atom stereocenters. The largest absolute Gasteiger partial charge is 0.418 e. The third-order valence-corrected chi connectivity index (χ3v) is 4.66. The number of alkyl halides is 3. The molecular weight excluding hydrogens is 357 g/mol. The van der Waals surface area contributed by atoms with Gasteiger partial charge in [0.15, 0.2) is 0 Å². The Bertz CT molecular complexity index is 759. The number of pyridine rings is 1. The van der Waals surface area contributed by atoms with Crippen LogP contribution in [0.3, 0.4) is 0 Å². The van der Waals surface area contributed by atoms with Crippen molar-refractivity contribution in [3.63, 3.8) is 0 Å². The van der Waals surface area contributed by atoms with Crippen LogP contribution in [-0.2, 0) is 6.18 Å². The van der Waals surface area contributed by atoms with Crippen molar-refractivity contribution in [3.8, 4) is 0 Å². The lowest BCUT2D eigenvalue weighted by atomic mass is 9.96. The predicted octanol–water partition coefficient (Wildman–Crippen LogP) is 4.14. The van der Waals surface area contributed by atoms with Crippen LogP contribution in [0.2, 0.25) is 0 Å². The summed E-state index contributed by atoms with van der Waals surface area (Å²) in [4.78, 5) is 18.4. The Labute approximate surface area is 155 Å². The number of amides is 2. The Morgan fingerprint density at radius 2 is 1.89 bits per heavy atom. The molecule has 0 bridgehead atoms. The highest BCUT2D eigenvalue weighted by atomic mass is 19.4. The molecule has 144 valence electrons. The summed E-state index contributed by atoms with van der Waals surface area (Å²) in [5, 5.41) is 4.99. The molecule has 5 nitrogen and oxygen atoms in total. The Morgan fingerprint density at radius 1 is 1.15 bits per heavy atom. The number of aromatic nitrogens is 1. The molecule has 3 rings (SSSR count). The number of carbonyl (C=O) groups is 1. The topological polar surface area (TPSA) is 57.3 Å². The molecule has 0 atom stereocenters. The van der Waals surface area contributed by atoms with Crippen LogP contribution in [0.15, 0.2) is 48.8 Å². The van der Waals surface area contributed by atoms with Gasteiger partial charge in [0, 0.05) is 25.8 Å².